The Morgan fingerprint density at radius 2 is 2.00 bits per heavy atom. The number of halogens is 3. The van der Waals surface area contributed by atoms with Gasteiger partial charge in [0.15, 0.2) is 0 Å². The van der Waals surface area contributed by atoms with E-state index in [1.807, 2.05) is 24.3 Å². The van der Waals surface area contributed by atoms with Crippen LogP contribution in [-0.4, -0.2) is 34.6 Å². The highest BCUT2D eigenvalue weighted by atomic mass is 19.3. The summed E-state index contributed by atoms with van der Waals surface area (Å²) < 4.78 is 40.7. The van der Waals surface area contributed by atoms with Crippen LogP contribution in [0.2, 0.25) is 0 Å². The molecule has 0 radical (unpaired) electrons. The normalized spacial score (nSPS) is 15.1. The Kier molecular flexibility index (Phi) is 5.88. The number of hydrogen-bond donors (Lipinski definition) is 1. The molecule has 2 aromatic carbocycles. The monoisotopic (exact) mass is 426 g/mol. The summed E-state index contributed by atoms with van der Waals surface area (Å²) in [5.74, 6) is -0.906. The van der Waals surface area contributed by atoms with Crippen LogP contribution < -0.4 is 5.32 Å². The Labute approximate surface area is 177 Å². The lowest BCUT2D eigenvalue weighted by Crippen LogP contribution is -2.26. The fourth-order valence-corrected chi connectivity index (χ4v) is 3.80. The number of alkyl halides is 2. The minimum atomic E-state index is -2.88. The van der Waals surface area contributed by atoms with E-state index in [-0.39, 0.29) is 5.56 Å². The summed E-state index contributed by atoms with van der Waals surface area (Å²) in [6.07, 6.45) is 2.27. The predicted octanol–water partition coefficient (Wildman–Crippen LogP) is 5.13. The van der Waals surface area contributed by atoms with E-state index in [2.05, 4.69) is 15.5 Å². The topological polar surface area (TPSA) is 58.1 Å². The number of carbonyl (C=O) groups is 1. The van der Waals surface area contributed by atoms with Crippen LogP contribution >= 0.6 is 0 Å². The van der Waals surface area contributed by atoms with Crippen LogP contribution in [0.3, 0.4) is 0 Å². The second-order valence-electron chi connectivity index (χ2n) is 7.49. The van der Waals surface area contributed by atoms with E-state index in [9.17, 15) is 18.0 Å². The molecule has 1 aliphatic rings. The smallest absolute Gasteiger partial charge is 0.266 e. The first-order valence-electron chi connectivity index (χ1n) is 9.95. The highest BCUT2D eigenvalue weighted by molar-refractivity contribution is 5.93. The van der Waals surface area contributed by atoms with Gasteiger partial charge in [-0.2, -0.15) is 10.2 Å². The minimum absolute atomic E-state index is 0.155. The van der Waals surface area contributed by atoms with E-state index >= 15 is 0 Å². The van der Waals surface area contributed by atoms with E-state index in [1.165, 1.54) is 12.1 Å². The van der Waals surface area contributed by atoms with E-state index in [1.54, 1.807) is 18.0 Å². The second kappa shape index (κ2) is 8.75. The summed E-state index contributed by atoms with van der Waals surface area (Å²) in [5, 5.41) is 12.1. The van der Waals surface area contributed by atoms with Crippen molar-refractivity contribution in [3.8, 4) is 0 Å². The molecule has 1 unspecified atom stereocenters. The molecule has 160 valence electrons. The first-order valence-corrected chi connectivity index (χ1v) is 9.95. The van der Waals surface area contributed by atoms with Crippen molar-refractivity contribution in [2.24, 2.45) is 0 Å². The van der Waals surface area contributed by atoms with Crippen LogP contribution in [0.5, 0.6) is 0 Å². The molecule has 0 spiro atoms. The quantitative estimate of drug-likeness (QED) is 0.556. The van der Waals surface area contributed by atoms with Gasteiger partial charge in [-0.3, -0.25) is 4.79 Å². The molecule has 8 heteroatoms. The SMILES string of the molecule is CC(Nc1cnnc2ccc(C3=CCN(C=O)CC3)cc12)c1cccc(C(F)F)c1F. The van der Waals surface area contributed by atoms with Crippen LogP contribution in [0, 0.1) is 5.82 Å². The van der Waals surface area contributed by atoms with Crippen LogP contribution in [0.25, 0.3) is 16.5 Å². The maximum Gasteiger partial charge on any atom is 0.266 e. The minimum Gasteiger partial charge on any atom is -0.377 e. The van der Waals surface area contributed by atoms with Gasteiger partial charge < -0.3 is 10.2 Å². The maximum atomic E-state index is 14.6. The summed E-state index contributed by atoms with van der Waals surface area (Å²) in [4.78, 5) is 12.6. The fourth-order valence-electron chi connectivity index (χ4n) is 3.80. The average molecular weight is 426 g/mol. The second-order valence-corrected chi connectivity index (χ2v) is 7.49. The van der Waals surface area contributed by atoms with Crippen molar-refractivity contribution in [2.75, 3.05) is 18.4 Å². The van der Waals surface area contributed by atoms with Gasteiger partial charge in [0.2, 0.25) is 6.41 Å². The molecule has 5 nitrogen and oxygen atoms in total. The predicted molar refractivity (Wildman–Crippen MR) is 113 cm³/mol. The average Bonchev–Trinajstić information content (AvgIpc) is 2.79. The van der Waals surface area contributed by atoms with Crippen LogP contribution in [0.15, 0.2) is 48.7 Å². The zero-order chi connectivity index (χ0) is 22.0. The molecule has 1 amide bonds. The molecule has 0 fully saturated rings. The van der Waals surface area contributed by atoms with Crippen molar-refractivity contribution in [3.63, 3.8) is 0 Å². The first kappa shape index (κ1) is 20.8. The Balaban J connectivity index is 1.66. The first-order chi connectivity index (χ1) is 15.0. The number of rotatable bonds is 6. The summed E-state index contributed by atoms with van der Waals surface area (Å²) >= 11 is 0. The van der Waals surface area contributed by atoms with Gasteiger partial charge in [-0.1, -0.05) is 30.3 Å². The van der Waals surface area contributed by atoms with Gasteiger partial charge in [-0.05, 0) is 36.6 Å². The van der Waals surface area contributed by atoms with Gasteiger partial charge in [0.1, 0.15) is 5.82 Å². The molecule has 2 heterocycles. The number of benzene rings is 2. The maximum absolute atomic E-state index is 14.6. The van der Waals surface area contributed by atoms with E-state index in [0.29, 0.717) is 24.3 Å². The third-order valence-corrected chi connectivity index (χ3v) is 5.53. The molecular weight excluding hydrogens is 405 g/mol. The van der Waals surface area contributed by atoms with Crippen molar-refractivity contribution in [1.29, 1.82) is 0 Å². The van der Waals surface area contributed by atoms with Gasteiger partial charge in [0.05, 0.1) is 29.0 Å². The third-order valence-electron chi connectivity index (χ3n) is 5.53. The van der Waals surface area contributed by atoms with Crippen molar-refractivity contribution in [1.82, 2.24) is 15.1 Å². The molecular formula is C23H21F3N4O. The standard InChI is InChI=1S/C23H21F3N4O/c1-14(17-3-2-4-18(22(17)24)23(25)26)28-21-12-27-29-20-6-5-16(11-19(20)21)15-7-9-30(13-31)10-8-15/h2-7,11-14,23H,8-10H2,1H3,(H,28,29). The molecule has 1 atom stereocenters. The van der Waals surface area contributed by atoms with E-state index < -0.39 is 23.8 Å². The van der Waals surface area contributed by atoms with E-state index in [0.717, 1.165) is 35.4 Å². The molecule has 0 saturated carbocycles. The molecule has 4 rings (SSSR count). The zero-order valence-electron chi connectivity index (χ0n) is 16.9. The number of carbonyl (C=O) groups excluding carboxylic acids is 1. The lowest BCUT2D eigenvalue weighted by Gasteiger charge is -2.23. The highest BCUT2D eigenvalue weighted by Gasteiger charge is 2.20. The molecule has 1 N–H and O–H groups in total. The third kappa shape index (κ3) is 4.23. The lowest BCUT2D eigenvalue weighted by molar-refractivity contribution is -0.117. The number of nitrogens with zero attached hydrogens (tertiary/aromatic N) is 3. The molecule has 0 aliphatic carbocycles. The number of anilines is 1. The number of aromatic nitrogens is 2. The highest BCUT2D eigenvalue weighted by Crippen LogP contribution is 2.32. The Bertz CT molecular complexity index is 1150. The number of fused-ring (bicyclic) bond motifs is 1. The van der Waals surface area contributed by atoms with Crippen LogP contribution in [0.4, 0.5) is 18.9 Å². The number of amides is 1. The van der Waals surface area contributed by atoms with Crippen molar-refractivity contribution in [3.05, 3.63) is 71.2 Å². The van der Waals surface area contributed by atoms with Crippen molar-refractivity contribution >= 4 is 28.6 Å². The summed E-state index contributed by atoms with van der Waals surface area (Å²) in [6, 6.07) is 9.24. The van der Waals surface area contributed by atoms with Crippen LogP contribution in [0.1, 0.15) is 42.5 Å². The van der Waals surface area contributed by atoms with Gasteiger partial charge in [0.25, 0.3) is 6.43 Å². The van der Waals surface area contributed by atoms with Gasteiger partial charge in [-0.25, -0.2) is 13.2 Å². The van der Waals surface area contributed by atoms with Crippen molar-refractivity contribution < 1.29 is 18.0 Å². The summed E-state index contributed by atoms with van der Waals surface area (Å²) in [6.45, 7) is 2.93. The molecule has 0 saturated heterocycles. The Hall–Kier alpha value is -3.42. The van der Waals surface area contributed by atoms with Gasteiger partial charge in [0, 0.05) is 24.0 Å². The van der Waals surface area contributed by atoms with E-state index in [4.69, 9.17) is 0 Å². The van der Waals surface area contributed by atoms with Crippen molar-refractivity contribution in [2.45, 2.75) is 25.8 Å². The Morgan fingerprint density at radius 3 is 2.71 bits per heavy atom. The molecule has 0 bridgehead atoms. The zero-order valence-corrected chi connectivity index (χ0v) is 16.9. The lowest BCUT2D eigenvalue weighted by atomic mass is 9.97. The number of nitrogens with one attached hydrogen (secondary N) is 1. The molecule has 3 aromatic rings. The van der Waals surface area contributed by atoms with Gasteiger partial charge in [-0.15, -0.1) is 0 Å². The number of hydrogen-bond acceptors (Lipinski definition) is 4. The largest absolute Gasteiger partial charge is 0.377 e. The Morgan fingerprint density at radius 1 is 1.19 bits per heavy atom. The molecule has 1 aromatic heterocycles. The molecule has 1 aliphatic heterocycles. The molecule has 31 heavy (non-hydrogen) atoms. The summed E-state index contributed by atoms with van der Waals surface area (Å²) in [7, 11) is 0. The summed E-state index contributed by atoms with van der Waals surface area (Å²) in [5.41, 5.74) is 2.97. The fraction of sp³-hybridized carbons (Fsp3) is 0.261. The van der Waals surface area contributed by atoms with Crippen LogP contribution in [-0.2, 0) is 4.79 Å². The van der Waals surface area contributed by atoms with Gasteiger partial charge >= 0.3 is 0 Å².